The van der Waals surface area contributed by atoms with Gasteiger partial charge in [-0.1, -0.05) is 30.3 Å². The minimum Gasteiger partial charge on any atom is -0.344 e. The van der Waals surface area contributed by atoms with Crippen LogP contribution in [0.1, 0.15) is 36.8 Å². The monoisotopic (exact) mass is 698 g/mol. The summed E-state index contributed by atoms with van der Waals surface area (Å²) in [7, 11) is -0.578. The van der Waals surface area contributed by atoms with Gasteiger partial charge in [0, 0.05) is 32.1 Å². The maximum absolute atomic E-state index is 14.9. The zero-order valence-electron chi connectivity index (χ0n) is 26.9. The molecule has 15 heteroatoms. The first kappa shape index (κ1) is 36.6. The van der Waals surface area contributed by atoms with E-state index in [0.29, 0.717) is 25.3 Å². The third kappa shape index (κ3) is 8.42. The summed E-state index contributed by atoms with van der Waals surface area (Å²) < 4.78 is 41.2. The number of tetrazole rings is 1. The van der Waals surface area contributed by atoms with Crippen LogP contribution in [0.5, 0.6) is 0 Å². The Morgan fingerprint density at radius 2 is 1.71 bits per heavy atom. The van der Waals surface area contributed by atoms with E-state index in [1.165, 1.54) is 36.6 Å². The summed E-state index contributed by atoms with van der Waals surface area (Å²) >= 11 is 0. The van der Waals surface area contributed by atoms with Crippen molar-refractivity contribution in [3.63, 3.8) is 0 Å². The van der Waals surface area contributed by atoms with Crippen molar-refractivity contribution in [2.75, 3.05) is 26.0 Å². The second kappa shape index (κ2) is 15.8. The Morgan fingerprint density at radius 1 is 1.02 bits per heavy atom. The molecule has 1 aliphatic rings. The molecule has 1 saturated carbocycles. The Balaban J connectivity index is 0.00000520. The summed E-state index contributed by atoms with van der Waals surface area (Å²) in [5.41, 5.74) is 9.50. The van der Waals surface area contributed by atoms with Gasteiger partial charge in [0.25, 0.3) is 0 Å². The maximum atomic E-state index is 14.9. The van der Waals surface area contributed by atoms with Gasteiger partial charge in [0.1, 0.15) is 11.9 Å². The van der Waals surface area contributed by atoms with Crippen LogP contribution in [0.15, 0.2) is 65.6 Å². The van der Waals surface area contributed by atoms with Gasteiger partial charge in [-0.3, -0.25) is 9.59 Å². The number of benzene rings is 3. The molecule has 0 spiro atoms. The maximum Gasteiger partial charge on any atom is 0.247 e. The van der Waals surface area contributed by atoms with Crippen LogP contribution in [0.25, 0.3) is 22.5 Å². The number of aromatic amines is 1. The summed E-state index contributed by atoms with van der Waals surface area (Å²) in [4.78, 5) is 27.2. The van der Waals surface area contributed by atoms with E-state index in [9.17, 15) is 22.4 Å². The van der Waals surface area contributed by atoms with Crippen LogP contribution in [0.3, 0.4) is 0 Å². The molecule has 5 rings (SSSR count). The van der Waals surface area contributed by atoms with Crippen molar-refractivity contribution >= 4 is 39.9 Å². The van der Waals surface area contributed by atoms with Gasteiger partial charge in [-0.2, -0.15) is 5.21 Å². The second-order valence-electron chi connectivity index (χ2n) is 12.1. The molecule has 1 atom stereocenters. The van der Waals surface area contributed by atoms with Crippen LogP contribution in [0.2, 0.25) is 0 Å². The molecule has 48 heavy (non-hydrogen) atoms. The van der Waals surface area contributed by atoms with E-state index < -0.39 is 27.8 Å². The molecule has 256 valence electrons. The molecule has 2 amide bonds. The van der Waals surface area contributed by atoms with Gasteiger partial charge in [-0.25, -0.2) is 17.1 Å². The second-order valence-corrected chi connectivity index (χ2v) is 14.3. The molecular weight excluding hydrogens is 659 g/mol. The Labute approximate surface area is 285 Å². The summed E-state index contributed by atoms with van der Waals surface area (Å²) in [6.07, 6.45) is 3.32. The minimum atomic E-state index is -3.56. The molecule has 1 fully saturated rings. The van der Waals surface area contributed by atoms with E-state index >= 15 is 0 Å². The quantitative estimate of drug-likeness (QED) is 0.181. The van der Waals surface area contributed by atoms with Crippen molar-refractivity contribution in [1.29, 1.82) is 0 Å². The molecule has 0 radical (unpaired) electrons. The van der Waals surface area contributed by atoms with Gasteiger partial charge in [-0.05, 0) is 103 Å². The number of amides is 2. The minimum absolute atomic E-state index is 0. The lowest BCUT2D eigenvalue weighted by Gasteiger charge is -2.28. The number of aryl methyl sites for hydroxylation is 1. The standard InChI is InChI=1S/C33H39FN8O4S.ClH/c1-20-16-26(47(45,46)42(2)3)13-15-27(20)23-8-4-21(5-9-23)17-30(37-32(43)24-10-6-22(19-35)7-11-24)33(44)36-25-12-14-28(29(34)18-25)31-38-40-41-39-31;/h4-5,8-9,12-16,18,22,24,30H,6-7,10-11,17,19,35H2,1-3H3,(H,36,44)(H,37,43)(H,38,39,40,41);1H/t22?,24?,30-;/m0./s1. The third-order valence-electron chi connectivity index (χ3n) is 8.69. The van der Waals surface area contributed by atoms with Crippen LogP contribution >= 0.6 is 12.4 Å². The van der Waals surface area contributed by atoms with Crippen molar-refractivity contribution in [3.8, 4) is 22.5 Å². The lowest BCUT2D eigenvalue weighted by molar-refractivity contribution is -0.130. The van der Waals surface area contributed by atoms with Crippen LogP contribution < -0.4 is 16.4 Å². The largest absolute Gasteiger partial charge is 0.344 e. The lowest BCUT2D eigenvalue weighted by atomic mass is 9.81. The Bertz CT molecular complexity index is 1830. The van der Waals surface area contributed by atoms with Gasteiger partial charge in [0.15, 0.2) is 0 Å². The number of carbonyl (C=O) groups is 2. The highest BCUT2D eigenvalue weighted by Crippen LogP contribution is 2.30. The van der Waals surface area contributed by atoms with Crippen molar-refractivity contribution < 1.29 is 22.4 Å². The van der Waals surface area contributed by atoms with E-state index in [-0.39, 0.29) is 52.6 Å². The van der Waals surface area contributed by atoms with Crippen LogP contribution in [0, 0.1) is 24.6 Å². The summed E-state index contributed by atoms with van der Waals surface area (Å²) in [5, 5.41) is 19.0. The zero-order valence-corrected chi connectivity index (χ0v) is 28.6. The highest BCUT2D eigenvalue weighted by Gasteiger charge is 2.29. The number of nitrogens with zero attached hydrogens (tertiary/aromatic N) is 4. The van der Waals surface area contributed by atoms with E-state index in [0.717, 1.165) is 35.1 Å². The molecule has 12 nitrogen and oxygen atoms in total. The van der Waals surface area contributed by atoms with Crippen LogP contribution in [-0.4, -0.2) is 71.8 Å². The first-order chi connectivity index (χ1) is 22.5. The Hall–Kier alpha value is -4.24. The number of carbonyl (C=O) groups excluding carboxylic acids is 2. The van der Waals surface area contributed by atoms with Gasteiger partial charge in [0.05, 0.1) is 10.5 Å². The fraction of sp³-hybridized carbons (Fsp3) is 0.364. The topological polar surface area (TPSA) is 176 Å². The number of halogens is 2. The molecule has 5 N–H and O–H groups in total. The molecule has 1 heterocycles. The molecule has 1 aromatic heterocycles. The number of sulfonamides is 1. The molecule has 1 aliphatic carbocycles. The molecule has 3 aromatic carbocycles. The van der Waals surface area contributed by atoms with Gasteiger partial charge in [-0.15, -0.1) is 22.6 Å². The number of aromatic nitrogens is 4. The summed E-state index contributed by atoms with van der Waals surface area (Å²) in [5.74, 6) is -1.05. The molecule has 4 aromatic rings. The van der Waals surface area contributed by atoms with Crippen LogP contribution in [0.4, 0.5) is 10.1 Å². The first-order valence-electron chi connectivity index (χ1n) is 15.4. The average Bonchev–Trinajstić information content (AvgIpc) is 3.59. The predicted octanol–water partition coefficient (Wildman–Crippen LogP) is 4.08. The molecule has 0 saturated heterocycles. The van der Waals surface area contributed by atoms with Crippen molar-refractivity contribution in [2.24, 2.45) is 17.6 Å². The molecule has 0 aliphatic heterocycles. The fourth-order valence-electron chi connectivity index (χ4n) is 5.83. The number of anilines is 1. The van der Waals surface area contributed by atoms with Crippen molar-refractivity contribution in [3.05, 3.63) is 77.6 Å². The van der Waals surface area contributed by atoms with E-state index in [1.807, 2.05) is 31.2 Å². The number of hydrogen-bond acceptors (Lipinski definition) is 8. The van der Waals surface area contributed by atoms with Crippen molar-refractivity contribution in [1.82, 2.24) is 30.2 Å². The normalized spacial score (nSPS) is 17.0. The Morgan fingerprint density at radius 3 is 2.29 bits per heavy atom. The number of rotatable bonds is 11. The highest BCUT2D eigenvalue weighted by atomic mass is 35.5. The predicted molar refractivity (Wildman–Crippen MR) is 183 cm³/mol. The average molecular weight is 699 g/mol. The third-order valence-corrected chi connectivity index (χ3v) is 10.5. The fourth-order valence-corrected chi connectivity index (χ4v) is 6.81. The highest BCUT2D eigenvalue weighted by molar-refractivity contribution is 7.89. The molecular formula is C33H40ClFN8O4S. The smallest absolute Gasteiger partial charge is 0.247 e. The van der Waals surface area contributed by atoms with Crippen LogP contribution in [-0.2, 0) is 26.0 Å². The Kier molecular flexibility index (Phi) is 12.0. The first-order valence-corrected chi connectivity index (χ1v) is 16.9. The number of H-pyrrole nitrogens is 1. The molecule has 0 bridgehead atoms. The summed E-state index contributed by atoms with van der Waals surface area (Å²) in [6, 6.07) is 15.8. The number of hydrogen-bond donors (Lipinski definition) is 4. The van der Waals surface area contributed by atoms with Gasteiger partial charge < -0.3 is 16.4 Å². The SMILES string of the molecule is Cc1cc(S(=O)(=O)N(C)C)ccc1-c1ccc(C[C@H](NC(=O)C2CCC(CN)CC2)C(=O)Nc2ccc(-c3nn[nH]n3)c(F)c2)cc1.Cl. The van der Waals surface area contributed by atoms with E-state index in [2.05, 4.69) is 31.3 Å². The van der Waals surface area contributed by atoms with Gasteiger partial charge in [0.2, 0.25) is 27.7 Å². The van der Waals surface area contributed by atoms with E-state index in [4.69, 9.17) is 5.73 Å². The van der Waals surface area contributed by atoms with E-state index in [1.54, 1.807) is 18.2 Å². The molecule has 0 unspecified atom stereocenters. The lowest BCUT2D eigenvalue weighted by Crippen LogP contribution is -2.48. The van der Waals surface area contributed by atoms with Gasteiger partial charge >= 0.3 is 0 Å². The number of nitrogens with one attached hydrogen (secondary N) is 3. The van der Waals surface area contributed by atoms with Crippen molar-refractivity contribution in [2.45, 2.75) is 50.0 Å². The zero-order chi connectivity index (χ0) is 33.7. The summed E-state index contributed by atoms with van der Waals surface area (Å²) in [6.45, 7) is 2.45. The number of nitrogens with two attached hydrogens (primary N) is 1.